The SMILES string of the molecule is C[C@H]1CC=C(c2ccc3sc(C4CCN(C)C(=O)C4)nc3c2)N(C(=O)OC(C)(C)C)C1.C[C@H]1CCC(c2ccc3sc(C4CCN(C)C(=O)C4)nc3c2)=NC1. The van der Waals surface area contributed by atoms with Crippen molar-refractivity contribution in [2.24, 2.45) is 16.8 Å². The van der Waals surface area contributed by atoms with E-state index >= 15 is 0 Å². The predicted molar refractivity (Wildman–Crippen MR) is 223 cm³/mol. The van der Waals surface area contributed by atoms with Crippen molar-refractivity contribution < 1.29 is 19.1 Å². The topological polar surface area (TPSA) is 108 Å². The van der Waals surface area contributed by atoms with Crippen molar-refractivity contribution in [3.8, 4) is 0 Å². The maximum Gasteiger partial charge on any atom is 0.414 e. The molecule has 2 aromatic carbocycles. The van der Waals surface area contributed by atoms with E-state index in [0.29, 0.717) is 31.2 Å². The van der Waals surface area contributed by atoms with Crippen LogP contribution in [0.4, 0.5) is 4.79 Å². The Bertz CT molecular complexity index is 2150. The van der Waals surface area contributed by atoms with Gasteiger partial charge in [0.25, 0.3) is 0 Å². The molecule has 292 valence electrons. The van der Waals surface area contributed by atoms with Crippen molar-refractivity contribution in [1.82, 2.24) is 24.7 Å². The van der Waals surface area contributed by atoms with Crippen LogP contribution in [0.1, 0.15) is 113 Å². The lowest BCUT2D eigenvalue weighted by atomic mass is 9.96. The lowest BCUT2D eigenvalue weighted by Gasteiger charge is -2.33. The summed E-state index contributed by atoms with van der Waals surface area (Å²) in [6.07, 6.45) is 8.10. The minimum atomic E-state index is -0.540. The molecule has 0 aliphatic carbocycles. The number of carbonyl (C=O) groups is 3. The number of allylic oxidation sites excluding steroid dienone is 1. The van der Waals surface area contributed by atoms with Crippen LogP contribution in [0, 0.1) is 11.8 Å². The van der Waals surface area contributed by atoms with Crippen molar-refractivity contribution in [2.45, 2.75) is 97.0 Å². The Morgan fingerprint density at radius 1 is 0.800 bits per heavy atom. The molecule has 2 fully saturated rings. The molecular formula is C43H54N6O4S2. The summed E-state index contributed by atoms with van der Waals surface area (Å²) in [7, 11) is 3.74. The van der Waals surface area contributed by atoms with Gasteiger partial charge in [-0.15, -0.1) is 22.7 Å². The van der Waals surface area contributed by atoms with E-state index < -0.39 is 5.60 Å². The number of aromatic nitrogens is 2. The number of fused-ring (bicyclic) bond motifs is 2. The zero-order valence-electron chi connectivity index (χ0n) is 33.3. The van der Waals surface area contributed by atoms with Crippen molar-refractivity contribution >= 4 is 72.4 Å². The second-order valence-electron chi connectivity index (χ2n) is 16.9. The summed E-state index contributed by atoms with van der Waals surface area (Å²) in [6, 6.07) is 12.7. The molecule has 4 aromatic rings. The maximum atomic E-state index is 12.9. The number of hydrogen-bond acceptors (Lipinski definition) is 9. The van der Waals surface area contributed by atoms with Crippen LogP contribution < -0.4 is 0 Å². The van der Waals surface area contributed by atoms with Crippen LogP contribution in [0.3, 0.4) is 0 Å². The summed E-state index contributed by atoms with van der Waals surface area (Å²) in [5.41, 5.74) is 5.74. The van der Waals surface area contributed by atoms with Gasteiger partial charge in [-0.25, -0.2) is 14.8 Å². The molecule has 0 saturated carbocycles. The fourth-order valence-electron chi connectivity index (χ4n) is 7.61. The Kier molecular flexibility index (Phi) is 11.5. The minimum Gasteiger partial charge on any atom is -0.443 e. The summed E-state index contributed by atoms with van der Waals surface area (Å²) < 4.78 is 7.99. The first-order chi connectivity index (χ1) is 26.2. The van der Waals surface area contributed by atoms with E-state index in [4.69, 9.17) is 19.7 Å². The largest absolute Gasteiger partial charge is 0.443 e. The highest BCUT2D eigenvalue weighted by molar-refractivity contribution is 7.19. The lowest BCUT2D eigenvalue weighted by molar-refractivity contribution is -0.133. The third-order valence-corrected chi connectivity index (χ3v) is 13.4. The Balaban J connectivity index is 0.000000174. The van der Waals surface area contributed by atoms with Gasteiger partial charge >= 0.3 is 6.09 Å². The molecule has 3 amide bonds. The molecule has 6 heterocycles. The van der Waals surface area contributed by atoms with Crippen molar-refractivity contribution in [3.63, 3.8) is 0 Å². The molecule has 0 radical (unpaired) electrons. The van der Waals surface area contributed by atoms with Gasteiger partial charge in [0.2, 0.25) is 11.8 Å². The number of piperidine rings is 2. The van der Waals surface area contributed by atoms with Gasteiger partial charge in [0.15, 0.2) is 0 Å². The third-order valence-electron chi connectivity index (χ3n) is 11.0. The van der Waals surface area contributed by atoms with Crippen LogP contribution in [-0.4, -0.2) is 94.2 Å². The number of amides is 3. The van der Waals surface area contributed by atoms with E-state index in [1.165, 1.54) is 22.4 Å². The van der Waals surface area contributed by atoms with Crippen LogP contribution in [-0.2, 0) is 14.3 Å². The van der Waals surface area contributed by atoms with E-state index in [-0.39, 0.29) is 29.7 Å². The molecule has 2 saturated heterocycles. The molecule has 10 nitrogen and oxygen atoms in total. The molecule has 4 aliphatic heterocycles. The van der Waals surface area contributed by atoms with Crippen LogP contribution in [0.5, 0.6) is 0 Å². The molecular weight excluding hydrogens is 729 g/mol. The van der Waals surface area contributed by atoms with Crippen LogP contribution in [0.2, 0.25) is 0 Å². The van der Waals surface area contributed by atoms with Gasteiger partial charge in [0, 0.05) is 76.2 Å². The molecule has 0 bridgehead atoms. The van der Waals surface area contributed by atoms with Gasteiger partial charge in [0.1, 0.15) is 5.60 Å². The molecule has 4 aliphatic rings. The van der Waals surface area contributed by atoms with E-state index in [9.17, 15) is 14.4 Å². The number of ether oxygens (including phenoxy) is 1. The number of benzene rings is 2. The molecule has 2 aromatic heterocycles. The van der Waals surface area contributed by atoms with Gasteiger partial charge in [-0.1, -0.05) is 32.1 Å². The van der Waals surface area contributed by atoms with Crippen molar-refractivity contribution in [3.05, 3.63) is 63.6 Å². The van der Waals surface area contributed by atoms with Gasteiger partial charge < -0.3 is 14.5 Å². The zero-order chi connectivity index (χ0) is 39.0. The Hall–Kier alpha value is -4.16. The average molecular weight is 783 g/mol. The molecule has 0 N–H and O–H groups in total. The molecule has 55 heavy (non-hydrogen) atoms. The van der Waals surface area contributed by atoms with Crippen molar-refractivity contribution in [1.29, 1.82) is 0 Å². The summed E-state index contributed by atoms with van der Waals surface area (Å²) in [5, 5.41) is 2.15. The highest BCUT2D eigenvalue weighted by Gasteiger charge is 2.31. The quantitative estimate of drug-likeness (QED) is 0.205. The first kappa shape index (κ1) is 39.1. The fraction of sp³-hybridized carbons (Fsp3) is 0.535. The number of hydrogen-bond donors (Lipinski definition) is 0. The Morgan fingerprint density at radius 3 is 1.89 bits per heavy atom. The highest BCUT2D eigenvalue weighted by atomic mass is 32.1. The van der Waals surface area contributed by atoms with E-state index in [1.54, 1.807) is 32.5 Å². The Morgan fingerprint density at radius 2 is 1.36 bits per heavy atom. The molecule has 8 rings (SSSR count). The fourth-order valence-corrected chi connectivity index (χ4v) is 9.78. The van der Waals surface area contributed by atoms with Gasteiger partial charge in [0.05, 0.1) is 36.1 Å². The molecule has 2 unspecified atom stereocenters. The van der Waals surface area contributed by atoms with Gasteiger partial charge in [-0.05, 0) is 94.5 Å². The van der Waals surface area contributed by atoms with E-state index in [2.05, 4.69) is 56.3 Å². The standard InChI is InChI=1S/C24H31N3O3S.C19H23N3OS/c1-15-6-8-19(27(14-15)23(29)30-24(2,3)4)16-7-9-20-18(12-16)25-22(31-20)17-10-11-26(5)21(28)13-17;1-12-3-5-15(20-11-12)13-4-6-17-16(9-13)21-19(24-17)14-7-8-22(2)18(23)10-14/h7-9,12,15,17H,6,10-11,13-14H2,1-5H3;4,6,9,12,14H,3,5,7-8,10-11H2,1-2H3/t15-,17?;12-,14?/m00/s1. The number of thiazole rings is 2. The van der Waals surface area contributed by atoms with E-state index in [0.717, 1.165) is 82.3 Å². The Labute approximate surface area is 332 Å². The third kappa shape index (κ3) is 9.12. The normalized spacial score (nSPS) is 23.7. The minimum absolute atomic E-state index is 0.186. The first-order valence-corrected chi connectivity index (χ1v) is 21.4. The number of carbonyl (C=O) groups excluding carboxylic acids is 3. The van der Waals surface area contributed by atoms with Crippen LogP contribution >= 0.6 is 22.7 Å². The van der Waals surface area contributed by atoms with Gasteiger partial charge in [-0.3, -0.25) is 19.5 Å². The first-order valence-electron chi connectivity index (χ1n) is 19.7. The maximum absolute atomic E-state index is 12.9. The van der Waals surface area contributed by atoms with E-state index in [1.807, 2.05) is 39.8 Å². The summed E-state index contributed by atoms with van der Waals surface area (Å²) in [5.74, 6) is 1.97. The van der Waals surface area contributed by atoms with Crippen LogP contribution in [0.15, 0.2) is 47.5 Å². The molecule has 0 spiro atoms. The average Bonchev–Trinajstić information content (AvgIpc) is 3.78. The zero-order valence-corrected chi connectivity index (χ0v) is 34.9. The molecule has 4 atom stereocenters. The lowest BCUT2D eigenvalue weighted by Crippen LogP contribution is -2.39. The number of likely N-dealkylation sites (tertiary alicyclic amines) is 2. The monoisotopic (exact) mass is 782 g/mol. The second-order valence-corrected chi connectivity index (χ2v) is 19.1. The second kappa shape index (κ2) is 16.1. The van der Waals surface area contributed by atoms with Crippen LogP contribution in [0.25, 0.3) is 26.1 Å². The number of aliphatic imine (C=N–C) groups is 1. The highest BCUT2D eigenvalue weighted by Crippen LogP contribution is 2.37. The predicted octanol–water partition coefficient (Wildman–Crippen LogP) is 9.10. The summed E-state index contributed by atoms with van der Waals surface area (Å²) in [6.45, 7) is 13.3. The number of nitrogens with zero attached hydrogens (tertiary/aromatic N) is 6. The summed E-state index contributed by atoms with van der Waals surface area (Å²) >= 11 is 3.41. The number of rotatable bonds is 4. The van der Waals surface area contributed by atoms with Crippen molar-refractivity contribution in [2.75, 3.05) is 40.3 Å². The van der Waals surface area contributed by atoms with Gasteiger partial charge in [-0.2, -0.15) is 0 Å². The summed E-state index contributed by atoms with van der Waals surface area (Å²) in [4.78, 5) is 56.8. The molecule has 12 heteroatoms. The smallest absolute Gasteiger partial charge is 0.414 e.